The standard InChI is InChI=1S/C28H36N2O11/c1-14(2)36-21-10-8-20(9-11-21)12-22-15(3)29-30-27(22)41-28-26(39-19(7)34)25(38-18(6)33)24(37-17(5)32)23(40-28)13-35-16(4)31/h8-11,14,23-26,28H,12-13H2,1-7H3,(H,29,30)/t23-,24-,25+,26-,28+/m1/s1. The molecule has 0 amide bonds. The van der Waals surface area contributed by atoms with Crippen LogP contribution in [-0.4, -0.2) is 77.5 Å². The summed E-state index contributed by atoms with van der Waals surface area (Å²) in [6, 6.07) is 7.57. The van der Waals surface area contributed by atoms with Crippen LogP contribution in [0.1, 0.15) is 58.4 Å². The van der Waals surface area contributed by atoms with Crippen molar-refractivity contribution in [2.24, 2.45) is 0 Å². The molecule has 1 aromatic heterocycles. The van der Waals surface area contributed by atoms with Gasteiger partial charge < -0.3 is 33.2 Å². The van der Waals surface area contributed by atoms with Gasteiger partial charge in [0.2, 0.25) is 18.3 Å². The van der Waals surface area contributed by atoms with Crippen molar-refractivity contribution in [2.45, 2.75) is 91.7 Å². The van der Waals surface area contributed by atoms with Crippen molar-refractivity contribution < 1.29 is 52.3 Å². The maximum atomic E-state index is 12.1. The second kappa shape index (κ2) is 14.0. The third-order valence-electron chi connectivity index (χ3n) is 5.89. The second-order valence-electron chi connectivity index (χ2n) is 9.81. The monoisotopic (exact) mass is 576 g/mol. The van der Waals surface area contributed by atoms with Crippen molar-refractivity contribution in [3.8, 4) is 11.6 Å². The lowest BCUT2D eigenvalue weighted by Gasteiger charge is -2.43. The number of benzene rings is 1. The molecule has 13 nitrogen and oxygen atoms in total. The highest BCUT2D eigenvalue weighted by Crippen LogP contribution is 2.32. The van der Waals surface area contributed by atoms with E-state index in [2.05, 4.69) is 10.2 Å². The predicted octanol–water partition coefficient (Wildman–Crippen LogP) is 2.56. The Morgan fingerprint density at radius 3 is 2.02 bits per heavy atom. The van der Waals surface area contributed by atoms with Crippen LogP contribution in [0.25, 0.3) is 0 Å². The van der Waals surface area contributed by atoms with Gasteiger partial charge in [-0.1, -0.05) is 12.1 Å². The van der Waals surface area contributed by atoms with Crippen LogP contribution < -0.4 is 9.47 Å². The lowest BCUT2D eigenvalue weighted by atomic mass is 9.98. The Morgan fingerprint density at radius 1 is 0.878 bits per heavy atom. The molecule has 1 aliphatic heterocycles. The fourth-order valence-corrected chi connectivity index (χ4v) is 4.29. The van der Waals surface area contributed by atoms with Crippen molar-refractivity contribution in [1.82, 2.24) is 10.2 Å². The molecule has 1 aromatic carbocycles. The molecular formula is C28H36N2O11. The average Bonchev–Trinajstić information content (AvgIpc) is 3.20. The number of hydrogen-bond donors (Lipinski definition) is 1. The zero-order chi connectivity index (χ0) is 30.3. The minimum atomic E-state index is -1.39. The van der Waals surface area contributed by atoms with E-state index in [0.29, 0.717) is 17.7 Å². The van der Waals surface area contributed by atoms with Crippen molar-refractivity contribution >= 4 is 23.9 Å². The van der Waals surface area contributed by atoms with E-state index in [1.165, 1.54) is 6.92 Å². The first-order valence-electron chi connectivity index (χ1n) is 13.1. The van der Waals surface area contributed by atoms with Gasteiger partial charge in [0.25, 0.3) is 0 Å². The minimum Gasteiger partial charge on any atom is -0.491 e. The number of nitrogens with one attached hydrogen (secondary N) is 1. The van der Waals surface area contributed by atoms with Gasteiger partial charge in [-0.05, 0) is 38.5 Å². The summed E-state index contributed by atoms with van der Waals surface area (Å²) in [4.78, 5) is 47.6. The quantitative estimate of drug-likeness (QED) is 0.308. The highest BCUT2D eigenvalue weighted by Gasteiger charge is 2.53. The molecule has 1 fully saturated rings. The fraction of sp³-hybridized carbons (Fsp3) is 0.536. The molecule has 0 bridgehead atoms. The van der Waals surface area contributed by atoms with Gasteiger partial charge in [-0.2, -0.15) is 0 Å². The Labute approximate surface area is 237 Å². The summed E-state index contributed by atoms with van der Waals surface area (Å²) in [6.07, 6.45) is -6.07. The normalized spacial score (nSPS) is 22.0. The van der Waals surface area contributed by atoms with Gasteiger partial charge in [-0.15, -0.1) is 5.10 Å². The summed E-state index contributed by atoms with van der Waals surface area (Å²) in [5.41, 5.74) is 2.35. The van der Waals surface area contributed by atoms with Gasteiger partial charge in [0.1, 0.15) is 18.5 Å². The molecule has 0 radical (unpaired) electrons. The van der Waals surface area contributed by atoms with E-state index in [1.807, 2.05) is 45.0 Å². The number of aromatic amines is 1. The smallest absolute Gasteiger partial charge is 0.303 e. The summed E-state index contributed by atoms with van der Waals surface area (Å²) < 4.78 is 39.3. The topological polar surface area (TPSA) is 162 Å². The van der Waals surface area contributed by atoms with Crippen molar-refractivity contribution in [2.75, 3.05) is 6.61 Å². The zero-order valence-electron chi connectivity index (χ0n) is 24.1. The number of H-pyrrole nitrogens is 1. The third-order valence-corrected chi connectivity index (χ3v) is 5.89. The van der Waals surface area contributed by atoms with E-state index in [9.17, 15) is 19.2 Å². The molecule has 224 valence electrons. The number of rotatable bonds is 11. The molecule has 13 heteroatoms. The summed E-state index contributed by atoms with van der Waals surface area (Å²) in [6.45, 7) is 9.99. The van der Waals surface area contributed by atoms with Crippen LogP contribution in [0.3, 0.4) is 0 Å². The highest BCUT2D eigenvalue weighted by atomic mass is 16.7. The van der Waals surface area contributed by atoms with E-state index < -0.39 is 54.6 Å². The largest absolute Gasteiger partial charge is 0.491 e. The summed E-state index contributed by atoms with van der Waals surface area (Å²) in [7, 11) is 0. The van der Waals surface area contributed by atoms with Crippen LogP contribution in [-0.2, 0) is 49.3 Å². The average molecular weight is 577 g/mol. The molecular weight excluding hydrogens is 540 g/mol. The fourth-order valence-electron chi connectivity index (χ4n) is 4.29. The minimum absolute atomic E-state index is 0.0403. The molecule has 0 aliphatic carbocycles. The first kappa shape index (κ1) is 31.4. The molecule has 5 atom stereocenters. The highest BCUT2D eigenvalue weighted by molar-refractivity contribution is 5.68. The van der Waals surface area contributed by atoms with Crippen molar-refractivity contribution in [3.63, 3.8) is 0 Å². The van der Waals surface area contributed by atoms with Gasteiger partial charge in [0, 0.05) is 45.4 Å². The summed E-state index contributed by atoms with van der Waals surface area (Å²) >= 11 is 0. The van der Waals surface area contributed by atoms with E-state index in [1.54, 1.807) is 0 Å². The first-order valence-corrected chi connectivity index (χ1v) is 13.1. The molecule has 1 N–H and O–H groups in total. The number of hydrogen-bond acceptors (Lipinski definition) is 12. The number of ether oxygens (including phenoxy) is 7. The summed E-state index contributed by atoms with van der Waals surface area (Å²) in [5.74, 6) is -1.93. The Balaban J connectivity index is 1.95. The zero-order valence-corrected chi connectivity index (χ0v) is 24.1. The molecule has 2 aromatic rings. The lowest BCUT2D eigenvalue weighted by molar-refractivity contribution is -0.289. The van der Waals surface area contributed by atoms with Gasteiger partial charge in [-0.3, -0.25) is 24.3 Å². The van der Waals surface area contributed by atoms with Gasteiger partial charge in [-0.25, -0.2) is 0 Å². The molecule has 1 aliphatic rings. The van der Waals surface area contributed by atoms with E-state index in [0.717, 1.165) is 32.1 Å². The van der Waals surface area contributed by atoms with E-state index >= 15 is 0 Å². The molecule has 3 rings (SSSR count). The maximum absolute atomic E-state index is 12.1. The number of esters is 4. The maximum Gasteiger partial charge on any atom is 0.303 e. The Kier molecular flexibility index (Phi) is 10.7. The van der Waals surface area contributed by atoms with E-state index in [-0.39, 0.29) is 18.6 Å². The number of aromatic nitrogens is 2. The van der Waals surface area contributed by atoms with Crippen molar-refractivity contribution in [3.05, 3.63) is 41.1 Å². The number of aryl methyl sites for hydroxylation is 1. The molecule has 1 saturated heterocycles. The molecule has 2 heterocycles. The van der Waals surface area contributed by atoms with Crippen LogP contribution in [0.15, 0.2) is 24.3 Å². The second-order valence-corrected chi connectivity index (χ2v) is 9.81. The van der Waals surface area contributed by atoms with E-state index in [4.69, 9.17) is 33.2 Å². The SMILES string of the molecule is CC(=O)OC[C@H]1O[C@@H](Oc2n[nH]c(C)c2Cc2ccc(OC(C)C)cc2)[C@H](OC(C)=O)[C@@H](OC(C)=O)[C@@H]1OC(C)=O. The molecule has 0 unspecified atom stereocenters. The number of nitrogens with zero attached hydrogens (tertiary/aromatic N) is 1. The summed E-state index contributed by atoms with van der Waals surface area (Å²) in [5, 5.41) is 7.14. The molecule has 0 spiro atoms. The number of carbonyl (C=O) groups excluding carboxylic acids is 4. The predicted molar refractivity (Wildman–Crippen MR) is 141 cm³/mol. The number of carbonyl (C=O) groups is 4. The van der Waals surface area contributed by atoms with Crippen LogP contribution in [0, 0.1) is 6.92 Å². The van der Waals surface area contributed by atoms with Gasteiger partial charge >= 0.3 is 23.9 Å². The van der Waals surface area contributed by atoms with Crippen LogP contribution in [0.4, 0.5) is 0 Å². The molecule has 0 saturated carbocycles. The third kappa shape index (κ3) is 8.93. The Bertz CT molecular complexity index is 1220. The molecule has 41 heavy (non-hydrogen) atoms. The Morgan fingerprint density at radius 2 is 1.46 bits per heavy atom. The van der Waals surface area contributed by atoms with Gasteiger partial charge in [0.05, 0.1) is 6.10 Å². The van der Waals surface area contributed by atoms with Crippen LogP contribution >= 0.6 is 0 Å². The van der Waals surface area contributed by atoms with Crippen LogP contribution in [0.2, 0.25) is 0 Å². The van der Waals surface area contributed by atoms with Crippen LogP contribution in [0.5, 0.6) is 11.6 Å². The van der Waals surface area contributed by atoms with Gasteiger partial charge in [0.15, 0.2) is 12.2 Å². The Hall–Kier alpha value is -4.13. The first-order chi connectivity index (χ1) is 19.3. The lowest BCUT2D eigenvalue weighted by Crippen LogP contribution is -2.63. The van der Waals surface area contributed by atoms with Crippen molar-refractivity contribution in [1.29, 1.82) is 0 Å².